The number of hydrogen-bond donors (Lipinski definition) is 1. The van der Waals surface area contributed by atoms with Gasteiger partial charge < -0.3 is 5.32 Å². The number of benzene rings is 1. The molecule has 112 valence electrons. The second-order valence-electron chi connectivity index (χ2n) is 5.44. The second-order valence-corrected chi connectivity index (χ2v) is 6.36. The molecule has 0 spiro atoms. The maximum absolute atomic E-state index is 10.9. The molecule has 1 rings (SSSR count). The smallest absolute Gasteiger partial charge is 0.292 e. The van der Waals surface area contributed by atoms with Gasteiger partial charge in [-0.1, -0.05) is 55.5 Å². The van der Waals surface area contributed by atoms with Crippen LogP contribution in [-0.2, 0) is 0 Å². The van der Waals surface area contributed by atoms with Crippen molar-refractivity contribution in [2.24, 2.45) is 5.92 Å². The number of nitrogens with one attached hydrogen (secondary N) is 1. The fourth-order valence-corrected chi connectivity index (χ4v) is 2.42. The lowest BCUT2D eigenvalue weighted by Crippen LogP contribution is -2.04. The summed E-state index contributed by atoms with van der Waals surface area (Å²) in [5.74, 6) is 0.775. The monoisotopic (exact) mass is 342 g/mol. The molecule has 1 aromatic rings. The molecule has 0 radical (unpaired) electrons. The van der Waals surface area contributed by atoms with Gasteiger partial charge in [-0.15, -0.1) is 0 Å². The Labute approximate surface area is 129 Å². The Balaban J connectivity index is 2.31. The fourth-order valence-electron chi connectivity index (χ4n) is 2.06. The molecule has 0 saturated heterocycles. The van der Waals surface area contributed by atoms with Gasteiger partial charge >= 0.3 is 0 Å². The number of halogens is 1. The van der Waals surface area contributed by atoms with E-state index in [1.807, 2.05) is 0 Å². The Morgan fingerprint density at radius 2 is 1.95 bits per heavy atom. The van der Waals surface area contributed by atoms with Crippen molar-refractivity contribution < 1.29 is 4.92 Å². The molecular formula is C15H23BrN2O2. The van der Waals surface area contributed by atoms with Crippen LogP contribution in [0.1, 0.15) is 46.0 Å². The molecule has 0 aliphatic carbocycles. The molecule has 1 N–H and O–H groups in total. The Kier molecular flexibility index (Phi) is 7.59. The number of unbranched alkanes of at least 4 members (excludes halogenated alkanes) is 3. The summed E-state index contributed by atoms with van der Waals surface area (Å²) in [6.07, 6.45) is 6.00. The van der Waals surface area contributed by atoms with Gasteiger partial charge in [0.05, 0.1) is 4.92 Å². The van der Waals surface area contributed by atoms with Crippen molar-refractivity contribution in [3.8, 4) is 0 Å². The number of nitro benzene ring substituents is 1. The van der Waals surface area contributed by atoms with Gasteiger partial charge in [0, 0.05) is 17.1 Å². The zero-order valence-electron chi connectivity index (χ0n) is 12.2. The van der Waals surface area contributed by atoms with E-state index in [2.05, 4.69) is 35.1 Å². The maximum atomic E-state index is 10.9. The predicted molar refractivity (Wildman–Crippen MR) is 87.2 cm³/mol. The van der Waals surface area contributed by atoms with Crippen molar-refractivity contribution in [3.05, 3.63) is 32.8 Å². The Morgan fingerprint density at radius 3 is 2.60 bits per heavy atom. The molecule has 0 aliphatic rings. The minimum atomic E-state index is -0.350. The molecule has 0 atom stereocenters. The molecule has 0 saturated carbocycles. The number of hydrogen-bond acceptors (Lipinski definition) is 3. The first-order valence-electron chi connectivity index (χ1n) is 7.18. The molecule has 0 bridgehead atoms. The van der Waals surface area contributed by atoms with Gasteiger partial charge in [0.2, 0.25) is 0 Å². The van der Waals surface area contributed by atoms with Crippen LogP contribution in [0.15, 0.2) is 22.7 Å². The normalized spacial score (nSPS) is 10.8. The lowest BCUT2D eigenvalue weighted by molar-refractivity contribution is -0.384. The molecule has 0 unspecified atom stereocenters. The summed E-state index contributed by atoms with van der Waals surface area (Å²) in [5, 5.41) is 14.1. The largest absolute Gasteiger partial charge is 0.379 e. The van der Waals surface area contributed by atoms with Crippen LogP contribution in [0.4, 0.5) is 11.4 Å². The Hall–Kier alpha value is -1.10. The van der Waals surface area contributed by atoms with Crippen molar-refractivity contribution in [1.82, 2.24) is 0 Å². The molecule has 0 fully saturated rings. The SMILES string of the molecule is CC(C)CCCCCCNc1cc(Br)ccc1[N+](=O)[O-]. The van der Waals surface area contributed by atoms with E-state index in [9.17, 15) is 10.1 Å². The standard InChI is InChI=1S/C15H23BrN2O2/c1-12(2)7-5-3-4-6-10-17-14-11-13(16)8-9-15(14)18(19)20/h8-9,11-12,17H,3-7,10H2,1-2H3. The summed E-state index contributed by atoms with van der Waals surface area (Å²) in [6, 6.07) is 4.97. The fraction of sp³-hybridized carbons (Fsp3) is 0.600. The van der Waals surface area contributed by atoms with E-state index in [0.29, 0.717) is 5.69 Å². The molecule has 5 heteroatoms. The van der Waals surface area contributed by atoms with Crippen LogP contribution in [0.5, 0.6) is 0 Å². The Morgan fingerprint density at radius 1 is 1.25 bits per heavy atom. The summed E-state index contributed by atoms with van der Waals surface area (Å²) in [5.41, 5.74) is 0.722. The lowest BCUT2D eigenvalue weighted by atomic mass is 10.0. The second kappa shape index (κ2) is 8.95. The average Bonchev–Trinajstić information content (AvgIpc) is 2.37. The number of anilines is 1. The van der Waals surface area contributed by atoms with E-state index in [1.165, 1.54) is 31.7 Å². The minimum Gasteiger partial charge on any atom is -0.379 e. The van der Waals surface area contributed by atoms with Gasteiger partial charge in [0.15, 0.2) is 0 Å². The third-order valence-corrected chi connectivity index (χ3v) is 3.67. The zero-order chi connectivity index (χ0) is 15.0. The highest BCUT2D eigenvalue weighted by molar-refractivity contribution is 9.10. The maximum Gasteiger partial charge on any atom is 0.292 e. The molecule has 1 aromatic carbocycles. The topological polar surface area (TPSA) is 55.2 Å². The third kappa shape index (κ3) is 6.37. The number of nitro groups is 1. The highest BCUT2D eigenvalue weighted by Crippen LogP contribution is 2.27. The lowest BCUT2D eigenvalue weighted by Gasteiger charge is -2.08. The highest BCUT2D eigenvalue weighted by Gasteiger charge is 2.12. The van der Waals surface area contributed by atoms with Crippen molar-refractivity contribution in [3.63, 3.8) is 0 Å². The Bertz CT molecular complexity index is 436. The quantitative estimate of drug-likeness (QED) is 0.372. The first-order valence-corrected chi connectivity index (χ1v) is 7.98. The van der Waals surface area contributed by atoms with Gasteiger partial charge in [0.25, 0.3) is 5.69 Å². The van der Waals surface area contributed by atoms with Crippen LogP contribution in [0.3, 0.4) is 0 Å². The highest BCUT2D eigenvalue weighted by atomic mass is 79.9. The molecular weight excluding hydrogens is 320 g/mol. The summed E-state index contributed by atoms with van der Waals surface area (Å²) < 4.78 is 0.850. The van der Waals surface area contributed by atoms with Gasteiger partial charge in [-0.25, -0.2) is 0 Å². The first kappa shape index (κ1) is 17.0. The molecule has 4 nitrogen and oxygen atoms in total. The molecule has 0 aliphatic heterocycles. The van der Waals surface area contributed by atoms with E-state index in [-0.39, 0.29) is 10.6 Å². The van der Waals surface area contributed by atoms with Gasteiger partial charge in [-0.3, -0.25) is 10.1 Å². The minimum absolute atomic E-state index is 0.132. The van der Waals surface area contributed by atoms with Crippen molar-refractivity contribution >= 4 is 27.3 Å². The third-order valence-electron chi connectivity index (χ3n) is 3.18. The van der Waals surface area contributed by atoms with Crippen molar-refractivity contribution in [2.75, 3.05) is 11.9 Å². The van der Waals surface area contributed by atoms with Crippen LogP contribution < -0.4 is 5.32 Å². The zero-order valence-corrected chi connectivity index (χ0v) is 13.8. The van der Waals surface area contributed by atoms with Crippen LogP contribution in [-0.4, -0.2) is 11.5 Å². The van der Waals surface area contributed by atoms with E-state index < -0.39 is 0 Å². The molecule has 0 amide bonds. The molecule has 20 heavy (non-hydrogen) atoms. The van der Waals surface area contributed by atoms with Gasteiger partial charge in [-0.05, 0) is 24.5 Å². The van der Waals surface area contributed by atoms with E-state index in [4.69, 9.17) is 0 Å². The molecule has 0 aromatic heterocycles. The van der Waals surface area contributed by atoms with Crippen LogP contribution in [0, 0.1) is 16.0 Å². The van der Waals surface area contributed by atoms with Crippen LogP contribution in [0.2, 0.25) is 0 Å². The van der Waals surface area contributed by atoms with E-state index >= 15 is 0 Å². The number of rotatable bonds is 9. The van der Waals surface area contributed by atoms with Crippen molar-refractivity contribution in [1.29, 1.82) is 0 Å². The molecule has 0 heterocycles. The predicted octanol–water partition coefficient (Wildman–Crippen LogP) is 5.38. The summed E-state index contributed by atoms with van der Waals surface area (Å²) in [7, 11) is 0. The van der Waals surface area contributed by atoms with Crippen LogP contribution >= 0.6 is 15.9 Å². The average molecular weight is 343 g/mol. The van der Waals surface area contributed by atoms with Gasteiger partial charge in [-0.2, -0.15) is 0 Å². The first-order chi connectivity index (χ1) is 9.50. The van der Waals surface area contributed by atoms with Crippen LogP contribution in [0.25, 0.3) is 0 Å². The number of nitrogens with zero attached hydrogens (tertiary/aromatic N) is 1. The summed E-state index contributed by atoms with van der Waals surface area (Å²) in [6.45, 7) is 5.26. The van der Waals surface area contributed by atoms with Gasteiger partial charge in [0.1, 0.15) is 5.69 Å². The summed E-state index contributed by atoms with van der Waals surface area (Å²) in [4.78, 5) is 10.6. The van der Waals surface area contributed by atoms with E-state index in [1.54, 1.807) is 12.1 Å². The van der Waals surface area contributed by atoms with Crippen molar-refractivity contribution in [2.45, 2.75) is 46.0 Å². The summed E-state index contributed by atoms with van der Waals surface area (Å²) >= 11 is 3.34. The van der Waals surface area contributed by atoms with E-state index in [0.717, 1.165) is 23.4 Å².